The second kappa shape index (κ2) is 14.1. The van der Waals surface area contributed by atoms with Gasteiger partial charge >= 0.3 is 0 Å². The van der Waals surface area contributed by atoms with Crippen LogP contribution in [0, 0.1) is 0 Å². The monoisotopic (exact) mass is 485 g/mol. The van der Waals surface area contributed by atoms with E-state index in [1.165, 1.54) is 0 Å². The molecule has 0 radical (unpaired) electrons. The first-order valence-electron chi connectivity index (χ1n) is 7.15. The van der Waals surface area contributed by atoms with Crippen LogP contribution in [-0.4, -0.2) is 45.9 Å². The maximum absolute atomic E-state index is 5.65. The zero-order chi connectivity index (χ0) is 15.3. The largest absolute Gasteiger partial charge is 0.492 e. The molecule has 22 heavy (non-hydrogen) atoms. The van der Waals surface area contributed by atoms with Crippen LogP contribution in [0.1, 0.15) is 13.3 Å². The zero-order valence-electron chi connectivity index (χ0n) is 13.1. The maximum atomic E-state index is 5.65. The predicted molar refractivity (Wildman–Crippen MR) is 106 cm³/mol. The van der Waals surface area contributed by atoms with E-state index in [0.29, 0.717) is 13.2 Å². The highest BCUT2D eigenvalue weighted by molar-refractivity contribution is 14.0. The number of nitrogens with zero attached hydrogens (tertiary/aromatic N) is 1. The average molecular weight is 486 g/mol. The Kier molecular flexibility index (Phi) is 13.7. The van der Waals surface area contributed by atoms with Gasteiger partial charge in [-0.15, -0.1) is 24.0 Å². The third-order valence-corrected chi connectivity index (χ3v) is 3.13. The molecule has 1 aromatic carbocycles. The number of rotatable bonds is 9. The summed E-state index contributed by atoms with van der Waals surface area (Å²) in [7, 11) is 1.70. The maximum Gasteiger partial charge on any atom is 0.191 e. The van der Waals surface area contributed by atoms with E-state index in [4.69, 9.17) is 9.47 Å². The van der Waals surface area contributed by atoms with E-state index in [-0.39, 0.29) is 24.0 Å². The molecule has 126 valence electrons. The molecule has 7 heteroatoms. The van der Waals surface area contributed by atoms with Crippen LogP contribution in [0.2, 0.25) is 0 Å². The van der Waals surface area contributed by atoms with Gasteiger partial charge in [0.2, 0.25) is 0 Å². The van der Waals surface area contributed by atoms with E-state index in [9.17, 15) is 0 Å². The Morgan fingerprint density at radius 3 is 2.55 bits per heavy atom. The van der Waals surface area contributed by atoms with Crippen LogP contribution in [0.4, 0.5) is 0 Å². The Hall–Kier alpha value is -0.540. The fourth-order valence-corrected chi connectivity index (χ4v) is 1.87. The van der Waals surface area contributed by atoms with E-state index in [1.54, 1.807) is 7.11 Å². The fourth-order valence-electron chi connectivity index (χ4n) is 1.61. The summed E-state index contributed by atoms with van der Waals surface area (Å²) in [6.45, 7) is 5.65. The van der Waals surface area contributed by atoms with Crippen molar-refractivity contribution in [2.24, 2.45) is 4.99 Å². The first kappa shape index (κ1) is 21.5. The van der Waals surface area contributed by atoms with Gasteiger partial charge in [0.05, 0.1) is 6.54 Å². The minimum absolute atomic E-state index is 0. The molecule has 0 spiro atoms. The summed E-state index contributed by atoms with van der Waals surface area (Å²) >= 11 is 3.40. The van der Waals surface area contributed by atoms with Crippen LogP contribution in [0.5, 0.6) is 5.75 Å². The molecular weight excluding hydrogens is 461 g/mol. The first-order chi connectivity index (χ1) is 10.3. The van der Waals surface area contributed by atoms with Crippen molar-refractivity contribution in [1.82, 2.24) is 10.6 Å². The third kappa shape index (κ3) is 10.2. The molecule has 0 aliphatic heterocycles. The summed E-state index contributed by atoms with van der Waals surface area (Å²) in [5.74, 6) is 1.68. The summed E-state index contributed by atoms with van der Waals surface area (Å²) in [6.07, 6.45) is 0.919. The zero-order valence-corrected chi connectivity index (χ0v) is 17.0. The molecule has 0 aliphatic rings. The number of hydrogen-bond donors (Lipinski definition) is 2. The molecule has 0 amide bonds. The topological polar surface area (TPSA) is 54.9 Å². The van der Waals surface area contributed by atoms with Crippen LogP contribution in [0.15, 0.2) is 33.7 Å². The average Bonchev–Trinajstić information content (AvgIpc) is 2.49. The third-order valence-electron chi connectivity index (χ3n) is 2.60. The first-order valence-corrected chi connectivity index (χ1v) is 7.95. The van der Waals surface area contributed by atoms with Crippen molar-refractivity contribution in [3.63, 3.8) is 0 Å². The Labute approximate surface area is 158 Å². The Morgan fingerprint density at radius 2 is 1.91 bits per heavy atom. The molecule has 0 heterocycles. The van der Waals surface area contributed by atoms with Crippen LogP contribution in [-0.2, 0) is 4.74 Å². The number of benzene rings is 1. The SMILES string of the molecule is CCNC(=NCCCOC)NCCOc1ccc(Br)cc1.I. The quantitative estimate of drug-likeness (QED) is 0.244. The lowest BCUT2D eigenvalue weighted by atomic mass is 10.3. The van der Waals surface area contributed by atoms with E-state index in [0.717, 1.165) is 42.3 Å². The number of aliphatic imine (C=N–C) groups is 1. The van der Waals surface area contributed by atoms with Gasteiger partial charge in [0.15, 0.2) is 5.96 Å². The molecule has 0 atom stereocenters. The van der Waals surface area contributed by atoms with Crippen molar-refractivity contribution >= 4 is 45.9 Å². The van der Waals surface area contributed by atoms with Crippen molar-refractivity contribution in [1.29, 1.82) is 0 Å². The van der Waals surface area contributed by atoms with Crippen molar-refractivity contribution < 1.29 is 9.47 Å². The molecule has 0 unspecified atom stereocenters. The standard InChI is InChI=1S/C15H24BrN3O2.HI/c1-3-17-15(18-9-4-11-20-2)19-10-12-21-14-7-5-13(16)6-8-14;/h5-8H,3-4,9-12H2,1-2H3,(H2,17,18,19);1H. The molecule has 2 N–H and O–H groups in total. The Morgan fingerprint density at radius 1 is 1.18 bits per heavy atom. The normalized spacial score (nSPS) is 10.8. The molecule has 0 fully saturated rings. The Bertz CT molecular complexity index is 416. The van der Waals surface area contributed by atoms with Gasteiger partial charge in [-0.05, 0) is 37.6 Å². The number of guanidine groups is 1. The molecule has 0 saturated carbocycles. The number of halogens is 2. The van der Waals surface area contributed by atoms with E-state index < -0.39 is 0 Å². The molecule has 5 nitrogen and oxygen atoms in total. The van der Waals surface area contributed by atoms with Crippen molar-refractivity contribution in [3.8, 4) is 5.75 Å². The molecule has 0 bridgehead atoms. The smallest absolute Gasteiger partial charge is 0.191 e. The van der Waals surface area contributed by atoms with E-state index in [2.05, 4.69) is 31.6 Å². The molecule has 1 aromatic rings. The lowest BCUT2D eigenvalue weighted by Gasteiger charge is -2.12. The van der Waals surface area contributed by atoms with Crippen LogP contribution < -0.4 is 15.4 Å². The van der Waals surface area contributed by atoms with E-state index in [1.807, 2.05) is 31.2 Å². The Balaban J connectivity index is 0.00000441. The summed E-state index contributed by atoms with van der Waals surface area (Å²) in [5.41, 5.74) is 0. The second-order valence-corrected chi connectivity index (χ2v) is 5.25. The van der Waals surface area contributed by atoms with Crippen LogP contribution in [0.25, 0.3) is 0 Å². The predicted octanol–water partition coefficient (Wildman–Crippen LogP) is 3.04. The van der Waals surface area contributed by atoms with Crippen molar-refractivity contribution in [2.75, 3.05) is 40.0 Å². The number of hydrogen-bond acceptors (Lipinski definition) is 3. The molecular formula is C15H25BrIN3O2. The lowest BCUT2D eigenvalue weighted by molar-refractivity contribution is 0.197. The van der Waals surface area contributed by atoms with Gasteiger partial charge in [0.1, 0.15) is 12.4 Å². The van der Waals surface area contributed by atoms with Gasteiger partial charge in [-0.3, -0.25) is 4.99 Å². The van der Waals surface area contributed by atoms with Gasteiger partial charge in [-0.2, -0.15) is 0 Å². The van der Waals surface area contributed by atoms with Gasteiger partial charge in [-0.1, -0.05) is 15.9 Å². The highest BCUT2D eigenvalue weighted by Crippen LogP contribution is 2.15. The minimum atomic E-state index is 0. The summed E-state index contributed by atoms with van der Waals surface area (Å²) in [4.78, 5) is 4.46. The second-order valence-electron chi connectivity index (χ2n) is 4.34. The van der Waals surface area contributed by atoms with Gasteiger partial charge < -0.3 is 20.1 Å². The minimum Gasteiger partial charge on any atom is -0.492 e. The highest BCUT2D eigenvalue weighted by atomic mass is 127. The number of nitrogens with one attached hydrogen (secondary N) is 2. The van der Waals surface area contributed by atoms with E-state index >= 15 is 0 Å². The lowest BCUT2D eigenvalue weighted by Crippen LogP contribution is -2.39. The van der Waals surface area contributed by atoms with Crippen molar-refractivity contribution in [3.05, 3.63) is 28.7 Å². The van der Waals surface area contributed by atoms with Gasteiger partial charge in [0, 0.05) is 31.3 Å². The van der Waals surface area contributed by atoms with Gasteiger partial charge in [-0.25, -0.2) is 0 Å². The number of ether oxygens (including phenoxy) is 2. The fraction of sp³-hybridized carbons (Fsp3) is 0.533. The summed E-state index contributed by atoms with van der Waals surface area (Å²) in [5, 5.41) is 6.45. The summed E-state index contributed by atoms with van der Waals surface area (Å²) in [6, 6.07) is 7.80. The molecule has 0 aromatic heterocycles. The van der Waals surface area contributed by atoms with Crippen molar-refractivity contribution in [2.45, 2.75) is 13.3 Å². The molecule has 1 rings (SSSR count). The highest BCUT2D eigenvalue weighted by Gasteiger charge is 1.97. The summed E-state index contributed by atoms with van der Waals surface area (Å²) < 4.78 is 11.7. The van der Waals surface area contributed by atoms with Crippen LogP contribution >= 0.6 is 39.9 Å². The van der Waals surface area contributed by atoms with Crippen LogP contribution in [0.3, 0.4) is 0 Å². The molecule has 0 saturated heterocycles. The molecule has 0 aliphatic carbocycles. The van der Waals surface area contributed by atoms with Gasteiger partial charge in [0.25, 0.3) is 0 Å². The number of methoxy groups -OCH3 is 1.